The monoisotopic (exact) mass is 379 g/mol. The molecule has 2 aromatic carbocycles. The molecule has 1 amide bonds. The Morgan fingerprint density at radius 2 is 1.67 bits per heavy atom. The first-order chi connectivity index (χ1) is 13.1. The molecule has 0 aliphatic carbocycles. The number of hydrogen-bond donors (Lipinski definition) is 0. The lowest BCUT2D eigenvalue weighted by molar-refractivity contribution is -0.117. The van der Waals surface area contributed by atoms with Crippen LogP contribution in [0.1, 0.15) is 16.7 Å². The highest BCUT2D eigenvalue weighted by molar-refractivity contribution is 8.15. The van der Waals surface area contributed by atoms with E-state index in [1.54, 1.807) is 11.8 Å². The summed E-state index contributed by atoms with van der Waals surface area (Å²) in [6.45, 7) is 7.94. The van der Waals surface area contributed by atoms with Gasteiger partial charge in [-0.05, 0) is 43.5 Å². The van der Waals surface area contributed by atoms with Gasteiger partial charge in [-0.25, -0.2) is 0 Å². The molecule has 4 nitrogen and oxygen atoms in total. The number of rotatable bonds is 3. The summed E-state index contributed by atoms with van der Waals surface area (Å²) in [5.74, 6) is 0.0108. The highest BCUT2D eigenvalue weighted by Gasteiger charge is 2.32. The number of carbonyl (C=O) groups excluding carboxylic acids is 1. The maximum Gasteiger partial charge on any atom is 0.262 e. The van der Waals surface area contributed by atoms with Crippen molar-refractivity contribution in [3.8, 4) is 0 Å². The van der Waals surface area contributed by atoms with Gasteiger partial charge in [0.1, 0.15) is 0 Å². The van der Waals surface area contributed by atoms with Gasteiger partial charge in [0.25, 0.3) is 5.91 Å². The van der Waals surface area contributed by atoms with Crippen LogP contribution in [0, 0.1) is 13.8 Å². The van der Waals surface area contributed by atoms with E-state index in [4.69, 9.17) is 0 Å². The van der Waals surface area contributed by atoms with Crippen LogP contribution in [0.15, 0.2) is 53.5 Å². The topological polar surface area (TPSA) is 35.9 Å². The molecule has 2 aromatic rings. The van der Waals surface area contributed by atoms with Crippen LogP contribution in [0.3, 0.4) is 0 Å². The van der Waals surface area contributed by atoms with Crippen molar-refractivity contribution < 1.29 is 4.79 Å². The third-order valence-corrected chi connectivity index (χ3v) is 6.40. The molecule has 0 bridgehead atoms. The van der Waals surface area contributed by atoms with Gasteiger partial charge in [-0.3, -0.25) is 4.79 Å². The van der Waals surface area contributed by atoms with E-state index >= 15 is 0 Å². The average molecular weight is 380 g/mol. The van der Waals surface area contributed by atoms with Gasteiger partial charge in [-0.1, -0.05) is 53.7 Å². The summed E-state index contributed by atoms with van der Waals surface area (Å²) in [4.78, 5) is 21.4. The first-order valence-corrected chi connectivity index (χ1v) is 10.4. The Morgan fingerprint density at radius 3 is 2.37 bits per heavy atom. The SMILES string of the molecule is Cc1ccc(C[C@@H]2SC(N3CCN(c4cccc(C)c4)CC3)=NC2=O)cc1. The van der Waals surface area contributed by atoms with E-state index in [9.17, 15) is 4.79 Å². The standard InChI is InChI=1S/C22H25N3OS/c1-16-6-8-18(9-7-16)15-20-21(26)23-22(27-20)25-12-10-24(11-13-25)19-5-3-4-17(2)14-19/h3-9,14,20H,10-13,15H2,1-2H3/t20-/m0/s1. The second-order valence-corrected chi connectivity index (χ2v) is 8.51. The summed E-state index contributed by atoms with van der Waals surface area (Å²) >= 11 is 1.63. The van der Waals surface area contributed by atoms with Crippen molar-refractivity contribution in [1.82, 2.24) is 4.90 Å². The minimum Gasteiger partial charge on any atom is -0.368 e. The van der Waals surface area contributed by atoms with E-state index in [0.717, 1.165) is 37.8 Å². The summed E-state index contributed by atoms with van der Waals surface area (Å²) in [5, 5.41) is 0.818. The third-order valence-electron chi connectivity index (χ3n) is 5.19. The molecule has 2 aliphatic heterocycles. The fourth-order valence-electron chi connectivity index (χ4n) is 3.56. The van der Waals surface area contributed by atoms with Crippen molar-refractivity contribution in [2.24, 2.45) is 4.99 Å². The third kappa shape index (κ3) is 4.19. The minimum atomic E-state index is -0.0856. The van der Waals surface area contributed by atoms with Crippen molar-refractivity contribution >= 4 is 28.5 Å². The number of amides is 1. The maximum atomic E-state index is 12.4. The first-order valence-electron chi connectivity index (χ1n) is 9.50. The number of thioether (sulfide) groups is 1. The lowest BCUT2D eigenvalue weighted by Gasteiger charge is -2.37. The lowest BCUT2D eigenvalue weighted by atomic mass is 10.1. The second kappa shape index (κ2) is 7.77. The largest absolute Gasteiger partial charge is 0.368 e. The molecule has 0 N–H and O–H groups in total. The molecule has 27 heavy (non-hydrogen) atoms. The molecule has 2 heterocycles. The van der Waals surface area contributed by atoms with Crippen molar-refractivity contribution in [1.29, 1.82) is 0 Å². The Kier molecular flexibility index (Phi) is 5.21. The molecule has 0 aromatic heterocycles. The van der Waals surface area contributed by atoms with Crippen LogP contribution >= 0.6 is 11.8 Å². The summed E-state index contributed by atoms with van der Waals surface area (Å²) in [6, 6.07) is 17.1. The molecule has 1 fully saturated rings. The number of carbonyl (C=O) groups is 1. The molecular formula is C22H25N3OS. The van der Waals surface area contributed by atoms with Crippen LogP contribution in [0.5, 0.6) is 0 Å². The van der Waals surface area contributed by atoms with E-state index in [0.29, 0.717) is 0 Å². The smallest absolute Gasteiger partial charge is 0.262 e. The van der Waals surface area contributed by atoms with Crippen molar-refractivity contribution in [3.63, 3.8) is 0 Å². The zero-order chi connectivity index (χ0) is 18.8. The number of anilines is 1. The number of aliphatic imine (C=N–C) groups is 1. The van der Waals surface area contributed by atoms with E-state index in [-0.39, 0.29) is 11.2 Å². The molecule has 0 saturated carbocycles. The van der Waals surface area contributed by atoms with Crippen LogP contribution in [-0.4, -0.2) is 47.4 Å². The number of piperazine rings is 1. The average Bonchev–Trinajstić information content (AvgIpc) is 3.04. The number of aryl methyl sites for hydroxylation is 2. The van der Waals surface area contributed by atoms with Gasteiger partial charge in [-0.2, -0.15) is 4.99 Å². The molecule has 1 saturated heterocycles. The van der Waals surface area contributed by atoms with Gasteiger partial charge in [0.15, 0.2) is 5.17 Å². The Hall–Kier alpha value is -2.27. The summed E-state index contributed by atoms with van der Waals surface area (Å²) in [6.07, 6.45) is 0.750. The number of amidine groups is 1. The van der Waals surface area contributed by atoms with Crippen LogP contribution < -0.4 is 4.90 Å². The molecule has 5 heteroatoms. The Labute approximate surface area is 165 Å². The number of nitrogens with zero attached hydrogens (tertiary/aromatic N) is 3. The van der Waals surface area contributed by atoms with Gasteiger partial charge < -0.3 is 9.80 Å². The quantitative estimate of drug-likeness (QED) is 0.815. The predicted molar refractivity (Wildman–Crippen MR) is 114 cm³/mol. The van der Waals surface area contributed by atoms with Gasteiger partial charge >= 0.3 is 0 Å². The van der Waals surface area contributed by atoms with E-state index < -0.39 is 0 Å². The molecule has 2 aliphatic rings. The molecule has 4 rings (SSSR count). The highest BCUT2D eigenvalue weighted by Crippen LogP contribution is 2.29. The summed E-state index contributed by atoms with van der Waals surface area (Å²) < 4.78 is 0. The summed E-state index contributed by atoms with van der Waals surface area (Å²) in [7, 11) is 0. The van der Waals surface area contributed by atoms with Crippen molar-refractivity contribution in [2.75, 3.05) is 31.1 Å². The van der Waals surface area contributed by atoms with Gasteiger partial charge in [-0.15, -0.1) is 0 Å². The Balaban J connectivity index is 1.34. The van der Waals surface area contributed by atoms with E-state index in [2.05, 4.69) is 77.2 Å². The fourth-order valence-corrected chi connectivity index (χ4v) is 4.72. The Bertz CT molecular complexity index is 854. The Morgan fingerprint density at radius 1 is 0.963 bits per heavy atom. The number of hydrogen-bond acceptors (Lipinski definition) is 4. The zero-order valence-corrected chi connectivity index (χ0v) is 16.7. The zero-order valence-electron chi connectivity index (χ0n) is 15.9. The van der Waals surface area contributed by atoms with E-state index in [1.165, 1.54) is 22.4 Å². The van der Waals surface area contributed by atoms with E-state index in [1.807, 2.05) is 0 Å². The molecular weight excluding hydrogens is 354 g/mol. The van der Waals surface area contributed by atoms with Crippen molar-refractivity contribution in [3.05, 3.63) is 65.2 Å². The van der Waals surface area contributed by atoms with Crippen LogP contribution in [-0.2, 0) is 11.2 Å². The first kappa shape index (κ1) is 18.1. The highest BCUT2D eigenvalue weighted by atomic mass is 32.2. The molecule has 0 unspecified atom stereocenters. The predicted octanol–water partition coefficient (Wildman–Crippen LogP) is 3.67. The molecule has 1 atom stereocenters. The lowest BCUT2D eigenvalue weighted by Crippen LogP contribution is -2.48. The normalized spacial score (nSPS) is 20.1. The summed E-state index contributed by atoms with van der Waals surface area (Å²) in [5.41, 5.74) is 5.01. The maximum absolute atomic E-state index is 12.4. The van der Waals surface area contributed by atoms with Crippen LogP contribution in [0.4, 0.5) is 5.69 Å². The molecule has 0 radical (unpaired) electrons. The fraction of sp³-hybridized carbons (Fsp3) is 0.364. The second-order valence-electron chi connectivity index (χ2n) is 7.34. The molecule has 140 valence electrons. The van der Waals surface area contributed by atoms with Crippen LogP contribution in [0.2, 0.25) is 0 Å². The van der Waals surface area contributed by atoms with Crippen molar-refractivity contribution in [2.45, 2.75) is 25.5 Å². The van der Waals surface area contributed by atoms with Gasteiger partial charge in [0, 0.05) is 31.9 Å². The van der Waals surface area contributed by atoms with Gasteiger partial charge in [0.2, 0.25) is 0 Å². The molecule has 0 spiro atoms. The number of benzene rings is 2. The minimum absolute atomic E-state index is 0.0108. The van der Waals surface area contributed by atoms with Gasteiger partial charge in [0.05, 0.1) is 5.25 Å². The van der Waals surface area contributed by atoms with Crippen LogP contribution in [0.25, 0.3) is 0 Å².